The van der Waals surface area contributed by atoms with Gasteiger partial charge in [0.1, 0.15) is 18.7 Å². The van der Waals surface area contributed by atoms with Gasteiger partial charge in [0, 0.05) is 0 Å². The minimum atomic E-state index is -4.78. The van der Waals surface area contributed by atoms with E-state index in [2.05, 4.69) is 14.8 Å². The van der Waals surface area contributed by atoms with Crippen LogP contribution in [0.5, 0.6) is 11.5 Å². The van der Waals surface area contributed by atoms with Crippen LogP contribution in [0.25, 0.3) is 5.69 Å². The van der Waals surface area contributed by atoms with Gasteiger partial charge in [-0.1, -0.05) is 0 Å². The van der Waals surface area contributed by atoms with Crippen LogP contribution in [-0.4, -0.2) is 21.1 Å². The first-order valence-corrected chi connectivity index (χ1v) is 7.56. The summed E-state index contributed by atoms with van der Waals surface area (Å²) in [5.41, 5.74) is 0.827. The molecule has 2 aromatic carbocycles. The number of halogens is 5. The Bertz CT molecular complexity index is 915. The molecule has 3 rings (SSSR count). The smallest absolute Gasteiger partial charge is 0.479 e. The summed E-state index contributed by atoms with van der Waals surface area (Å²) in [4.78, 5) is 3.94. The summed E-state index contributed by atoms with van der Waals surface area (Å²) in [5.74, 6) is -2.46. The van der Waals surface area contributed by atoms with Gasteiger partial charge in [0.05, 0.1) is 5.69 Å². The first-order chi connectivity index (χ1) is 12.7. The molecule has 0 aliphatic rings. The molecule has 0 N–H and O–H groups in total. The van der Waals surface area contributed by atoms with Gasteiger partial charge in [0.15, 0.2) is 23.2 Å². The average molecular weight is 385 g/mol. The van der Waals surface area contributed by atoms with E-state index in [9.17, 15) is 22.0 Å². The number of benzene rings is 2. The zero-order valence-corrected chi connectivity index (χ0v) is 13.8. The molecule has 0 saturated carbocycles. The number of hydrogen-bond acceptors (Lipinski definition) is 4. The van der Waals surface area contributed by atoms with E-state index in [4.69, 9.17) is 4.74 Å². The maximum Gasteiger partial charge on any atom is 0.573 e. The second kappa shape index (κ2) is 7.22. The number of nitrogens with zero attached hydrogens (tertiary/aromatic N) is 3. The van der Waals surface area contributed by atoms with E-state index in [-0.39, 0.29) is 18.2 Å². The standard InChI is InChI=1S/C17H12F5N3O2/c1-10-6-13(18)16(14(19)7-10)26-8-15-23-9-25(24-15)11-2-4-12(5-3-11)27-17(20,21)22/h2-7,9H,8H2,1H3. The molecule has 10 heteroatoms. The first kappa shape index (κ1) is 18.6. The molecule has 0 fully saturated rings. The van der Waals surface area contributed by atoms with Crippen molar-refractivity contribution in [3.05, 3.63) is 65.7 Å². The van der Waals surface area contributed by atoms with Crippen LogP contribution < -0.4 is 9.47 Å². The van der Waals surface area contributed by atoms with Gasteiger partial charge >= 0.3 is 6.36 Å². The van der Waals surface area contributed by atoms with Gasteiger partial charge in [-0.15, -0.1) is 18.3 Å². The van der Waals surface area contributed by atoms with Crippen LogP contribution in [-0.2, 0) is 6.61 Å². The summed E-state index contributed by atoms with van der Waals surface area (Å²) in [7, 11) is 0. The summed E-state index contributed by atoms with van der Waals surface area (Å²) in [5, 5.41) is 4.05. The fraction of sp³-hybridized carbons (Fsp3) is 0.176. The van der Waals surface area contributed by atoms with E-state index in [1.165, 1.54) is 23.1 Å². The lowest BCUT2D eigenvalue weighted by atomic mass is 10.2. The second-order valence-electron chi connectivity index (χ2n) is 5.49. The molecule has 0 bridgehead atoms. The van der Waals surface area contributed by atoms with Crippen LogP contribution in [0.4, 0.5) is 22.0 Å². The van der Waals surface area contributed by atoms with Crippen LogP contribution in [0.2, 0.25) is 0 Å². The van der Waals surface area contributed by atoms with Crippen molar-refractivity contribution in [1.82, 2.24) is 14.8 Å². The van der Waals surface area contributed by atoms with E-state index in [0.29, 0.717) is 11.3 Å². The van der Waals surface area contributed by atoms with Crippen molar-refractivity contribution >= 4 is 0 Å². The van der Waals surface area contributed by atoms with Gasteiger partial charge < -0.3 is 9.47 Å². The molecule has 0 aliphatic heterocycles. The Morgan fingerprint density at radius 3 is 2.26 bits per heavy atom. The minimum absolute atomic E-state index is 0.130. The van der Waals surface area contributed by atoms with Gasteiger partial charge in [-0.05, 0) is 48.9 Å². The number of alkyl halides is 3. The van der Waals surface area contributed by atoms with Crippen LogP contribution in [0.3, 0.4) is 0 Å². The second-order valence-corrected chi connectivity index (χ2v) is 5.49. The highest BCUT2D eigenvalue weighted by Gasteiger charge is 2.31. The maximum absolute atomic E-state index is 13.7. The highest BCUT2D eigenvalue weighted by Crippen LogP contribution is 2.25. The number of hydrogen-bond donors (Lipinski definition) is 0. The molecule has 0 amide bonds. The Labute approximate surface area is 150 Å². The van der Waals surface area contributed by atoms with Crippen LogP contribution in [0, 0.1) is 18.6 Å². The van der Waals surface area contributed by atoms with Crippen molar-refractivity contribution in [2.45, 2.75) is 19.9 Å². The molecule has 0 saturated heterocycles. The molecule has 0 radical (unpaired) electrons. The summed E-state index contributed by atoms with van der Waals surface area (Å²) in [6.45, 7) is 1.25. The molecule has 0 atom stereocenters. The lowest BCUT2D eigenvalue weighted by Crippen LogP contribution is -2.17. The van der Waals surface area contributed by atoms with Gasteiger partial charge in [0.25, 0.3) is 0 Å². The third-order valence-electron chi connectivity index (χ3n) is 3.36. The molecule has 5 nitrogen and oxygen atoms in total. The number of aromatic nitrogens is 3. The molecule has 1 heterocycles. The van der Waals surface area contributed by atoms with Crippen molar-refractivity contribution < 1.29 is 31.4 Å². The fourth-order valence-corrected chi connectivity index (χ4v) is 2.25. The molecule has 142 valence electrons. The highest BCUT2D eigenvalue weighted by atomic mass is 19.4. The molecule has 27 heavy (non-hydrogen) atoms. The SMILES string of the molecule is Cc1cc(F)c(OCc2ncn(-c3ccc(OC(F)(F)F)cc3)n2)c(F)c1. The average Bonchev–Trinajstić information content (AvgIpc) is 3.02. The lowest BCUT2D eigenvalue weighted by molar-refractivity contribution is -0.274. The van der Waals surface area contributed by atoms with Gasteiger partial charge in [0.2, 0.25) is 0 Å². The topological polar surface area (TPSA) is 49.2 Å². The van der Waals surface area contributed by atoms with Gasteiger partial charge in [-0.2, -0.15) is 0 Å². The van der Waals surface area contributed by atoms with E-state index in [0.717, 1.165) is 24.3 Å². The number of rotatable bonds is 5. The Morgan fingerprint density at radius 1 is 1.04 bits per heavy atom. The quantitative estimate of drug-likeness (QED) is 0.614. The van der Waals surface area contributed by atoms with Crippen LogP contribution >= 0.6 is 0 Å². The first-order valence-electron chi connectivity index (χ1n) is 7.56. The van der Waals surface area contributed by atoms with Crippen LogP contribution in [0.1, 0.15) is 11.4 Å². The molecule has 0 unspecified atom stereocenters. The van der Waals surface area contributed by atoms with E-state index in [1.807, 2.05) is 0 Å². The zero-order valence-electron chi connectivity index (χ0n) is 13.8. The third kappa shape index (κ3) is 4.72. The van der Waals surface area contributed by atoms with Crippen molar-refractivity contribution in [3.63, 3.8) is 0 Å². The maximum atomic E-state index is 13.7. The molecule has 0 aliphatic carbocycles. The third-order valence-corrected chi connectivity index (χ3v) is 3.36. The Kier molecular flexibility index (Phi) is 4.98. The minimum Gasteiger partial charge on any atom is -0.479 e. The molecule has 3 aromatic rings. The molecule has 0 spiro atoms. The van der Waals surface area contributed by atoms with E-state index < -0.39 is 23.7 Å². The predicted molar refractivity (Wildman–Crippen MR) is 83.5 cm³/mol. The summed E-state index contributed by atoms with van der Waals surface area (Å²) >= 11 is 0. The molecule has 1 aromatic heterocycles. The van der Waals surface area contributed by atoms with Crippen LogP contribution in [0.15, 0.2) is 42.7 Å². The Morgan fingerprint density at radius 2 is 1.67 bits per heavy atom. The number of aryl methyl sites for hydroxylation is 1. The highest BCUT2D eigenvalue weighted by molar-refractivity contribution is 5.36. The normalized spacial score (nSPS) is 11.5. The Hall–Kier alpha value is -3.17. The zero-order chi connectivity index (χ0) is 19.6. The summed E-state index contributed by atoms with van der Waals surface area (Å²) in [6, 6.07) is 7.21. The van der Waals surface area contributed by atoms with Crippen molar-refractivity contribution in [2.24, 2.45) is 0 Å². The molecular weight excluding hydrogens is 373 g/mol. The fourth-order valence-electron chi connectivity index (χ4n) is 2.25. The monoisotopic (exact) mass is 385 g/mol. The summed E-state index contributed by atoms with van der Waals surface area (Å²) < 4.78 is 74.1. The van der Waals surface area contributed by atoms with Crippen molar-refractivity contribution in [1.29, 1.82) is 0 Å². The predicted octanol–water partition coefficient (Wildman–Crippen LogP) is 4.33. The van der Waals surface area contributed by atoms with E-state index in [1.54, 1.807) is 6.92 Å². The largest absolute Gasteiger partial charge is 0.573 e. The Balaban J connectivity index is 1.68. The number of ether oxygens (including phenoxy) is 2. The van der Waals surface area contributed by atoms with Gasteiger partial charge in [-0.25, -0.2) is 18.4 Å². The van der Waals surface area contributed by atoms with Crippen molar-refractivity contribution in [3.8, 4) is 17.2 Å². The van der Waals surface area contributed by atoms with Gasteiger partial charge in [-0.3, -0.25) is 0 Å². The van der Waals surface area contributed by atoms with Crippen molar-refractivity contribution in [2.75, 3.05) is 0 Å². The molecular formula is C17H12F5N3O2. The lowest BCUT2D eigenvalue weighted by Gasteiger charge is -2.09. The summed E-state index contributed by atoms with van der Waals surface area (Å²) in [6.07, 6.45) is -3.49. The van der Waals surface area contributed by atoms with E-state index >= 15 is 0 Å².